The fourth-order valence-electron chi connectivity index (χ4n) is 2.02. The molecule has 1 aromatic carbocycles. The second-order valence-corrected chi connectivity index (χ2v) is 5.55. The number of carbonyl (C=O) groups is 2. The van der Waals surface area contributed by atoms with Gasteiger partial charge in [0, 0.05) is 13.0 Å². The minimum atomic E-state index is -0.964. The first-order valence-corrected chi connectivity index (χ1v) is 6.93. The zero-order valence-corrected chi connectivity index (χ0v) is 12.4. The number of carboxylic acid groups (broad SMARTS) is 1. The molecule has 0 spiro atoms. The van der Waals surface area contributed by atoms with E-state index in [0.717, 1.165) is 5.56 Å². The lowest BCUT2D eigenvalue weighted by Gasteiger charge is -2.22. The summed E-state index contributed by atoms with van der Waals surface area (Å²) in [6.07, 6.45) is 0.996. The highest BCUT2D eigenvalue weighted by Gasteiger charge is 2.17. The average Bonchev–Trinajstić information content (AvgIpc) is 2.36. The summed E-state index contributed by atoms with van der Waals surface area (Å²) < 4.78 is 0. The minimum absolute atomic E-state index is 0.0957. The molecule has 0 fully saturated rings. The van der Waals surface area contributed by atoms with E-state index < -0.39 is 5.97 Å². The Balaban J connectivity index is 2.56. The third-order valence-electron chi connectivity index (χ3n) is 3.01. The Morgan fingerprint density at radius 2 is 1.80 bits per heavy atom. The summed E-state index contributed by atoms with van der Waals surface area (Å²) in [6.45, 7) is 6.24. The third-order valence-corrected chi connectivity index (χ3v) is 3.01. The number of nitrogens with zero attached hydrogens (tertiary/aromatic N) is 1. The quantitative estimate of drug-likeness (QED) is 0.833. The van der Waals surface area contributed by atoms with Crippen molar-refractivity contribution in [1.29, 1.82) is 0 Å². The van der Waals surface area contributed by atoms with Crippen molar-refractivity contribution < 1.29 is 14.7 Å². The van der Waals surface area contributed by atoms with Gasteiger partial charge in [0.2, 0.25) is 5.91 Å². The smallest absolute Gasteiger partial charge is 0.323 e. The molecular formula is C16H23NO3. The number of aryl methyl sites for hydroxylation is 2. The topological polar surface area (TPSA) is 57.6 Å². The predicted molar refractivity (Wildman–Crippen MR) is 78.6 cm³/mol. The Morgan fingerprint density at radius 1 is 1.20 bits per heavy atom. The molecule has 4 heteroatoms. The molecule has 1 aromatic rings. The summed E-state index contributed by atoms with van der Waals surface area (Å²) in [5.41, 5.74) is 2.29. The number of hydrogen-bond acceptors (Lipinski definition) is 2. The van der Waals surface area contributed by atoms with Gasteiger partial charge in [-0.3, -0.25) is 9.59 Å². The fraction of sp³-hybridized carbons (Fsp3) is 0.500. The van der Waals surface area contributed by atoms with Crippen LogP contribution < -0.4 is 0 Å². The molecule has 4 nitrogen and oxygen atoms in total. The van der Waals surface area contributed by atoms with E-state index in [1.54, 1.807) is 0 Å². The van der Waals surface area contributed by atoms with E-state index in [1.165, 1.54) is 10.5 Å². The molecule has 0 saturated carbocycles. The molecule has 0 bridgehead atoms. The Morgan fingerprint density at radius 3 is 2.30 bits per heavy atom. The molecule has 0 aliphatic heterocycles. The Hall–Kier alpha value is -1.84. The molecular weight excluding hydrogens is 254 g/mol. The predicted octanol–water partition coefficient (Wildman–Crippen LogP) is 2.50. The van der Waals surface area contributed by atoms with Crippen LogP contribution in [0.4, 0.5) is 0 Å². The van der Waals surface area contributed by atoms with Gasteiger partial charge in [0.1, 0.15) is 6.54 Å². The van der Waals surface area contributed by atoms with Gasteiger partial charge in [0.25, 0.3) is 0 Å². The molecule has 1 rings (SSSR count). The lowest BCUT2D eigenvalue weighted by Crippen LogP contribution is -2.38. The van der Waals surface area contributed by atoms with Crippen molar-refractivity contribution in [2.24, 2.45) is 5.92 Å². The molecule has 0 radical (unpaired) electrons. The summed E-state index contributed by atoms with van der Waals surface area (Å²) in [5, 5.41) is 8.87. The molecule has 110 valence electrons. The summed E-state index contributed by atoms with van der Waals surface area (Å²) in [7, 11) is 0. The summed E-state index contributed by atoms with van der Waals surface area (Å²) in [5.74, 6) is -0.798. The van der Waals surface area contributed by atoms with Crippen molar-refractivity contribution in [2.75, 3.05) is 13.1 Å². The van der Waals surface area contributed by atoms with Crippen LogP contribution in [0.3, 0.4) is 0 Å². The van der Waals surface area contributed by atoms with E-state index >= 15 is 0 Å². The van der Waals surface area contributed by atoms with Gasteiger partial charge in [-0.15, -0.1) is 0 Å². The first-order chi connectivity index (χ1) is 9.38. The maximum absolute atomic E-state index is 12.1. The van der Waals surface area contributed by atoms with Crippen LogP contribution in [0, 0.1) is 12.8 Å². The number of benzene rings is 1. The molecule has 0 heterocycles. The van der Waals surface area contributed by atoms with Crippen LogP contribution in [-0.4, -0.2) is 35.0 Å². The summed E-state index contributed by atoms with van der Waals surface area (Å²) in [6, 6.07) is 8.05. The lowest BCUT2D eigenvalue weighted by atomic mass is 10.1. The number of carboxylic acids is 1. The summed E-state index contributed by atoms with van der Waals surface area (Å²) >= 11 is 0. The highest BCUT2D eigenvalue weighted by Crippen LogP contribution is 2.08. The molecule has 0 aromatic heterocycles. The van der Waals surface area contributed by atoms with Crippen LogP contribution in [0.15, 0.2) is 24.3 Å². The van der Waals surface area contributed by atoms with E-state index in [-0.39, 0.29) is 18.4 Å². The number of amides is 1. The van der Waals surface area contributed by atoms with Gasteiger partial charge >= 0.3 is 5.97 Å². The van der Waals surface area contributed by atoms with Crippen LogP contribution in [0.2, 0.25) is 0 Å². The molecule has 0 aliphatic carbocycles. The van der Waals surface area contributed by atoms with Crippen molar-refractivity contribution in [3.63, 3.8) is 0 Å². The minimum Gasteiger partial charge on any atom is -0.480 e. The zero-order chi connectivity index (χ0) is 15.1. The van der Waals surface area contributed by atoms with Crippen LogP contribution in [-0.2, 0) is 16.0 Å². The standard InChI is InChI=1S/C16H23NO3/c1-12(2)10-17(11-16(19)20)15(18)9-8-14-6-4-13(3)5-7-14/h4-7,12H,8-11H2,1-3H3,(H,19,20). The highest BCUT2D eigenvalue weighted by molar-refractivity contribution is 5.81. The molecule has 0 unspecified atom stereocenters. The third kappa shape index (κ3) is 5.87. The van der Waals surface area contributed by atoms with Gasteiger partial charge in [-0.25, -0.2) is 0 Å². The van der Waals surface area contributed by atoms with Crippen molar-refractivity contribution in [1.82, 2.24) is 4.90 Å². The van der Waals surface area contributed by atoms with Crippen LogP contribution in [0.5, 0.6) is 0 Å². The molecule has 0 saturated heterocycles. The van der Waals surface area contributed by atoms with Gasteiger partial charge in [-0.05, 0) is 24.8 Å². The Labute approximate surface area is 120 Å². The Kier molecular flexibility index (Phi) is 6.22. The molecule has 0 aliphatic rings. The van der Waals surface area contributed by atoms with Crippen LogP contribution >= 0.6 is 0 Å². The number of aliphatic carboxylic acids is 1. The van der Waals surface area contributed by atoms with Crippen molar-refractivity contribution in [3.8, 4) is 0 Å². The van der Waals surface area contributed by atoms with E-state index in [1.807, 2.05) is 45.0 Å². The van der Waals surface area contributed by atoms with Gasteiger partial charge in [0.05, 0.1) is 0 Å². The van der Waals surface area contributed by atoms with Gasteiger partial charge in [0.15, 0.2) is 0 Å². The largest absolute Gasteiger partial charge is 0.480 e. The van der Waals surface area contributed by atoms with E-state index in [0.29, 0.717) is 19.4 Å². The number of hydrogen-bond donors (Lipinski definition) is 1. The molecule has 1 N–H and O–H groups in total. The van der Waals surface area contributed by atoms with Crippen molar-refractivity contribution in [2.45, 2.75) is 33.6 Å². The molecule has 20 heavy (non-hydrogen) atoms. The number of carbonyl (C=O) groups excluding carboxylic acids is 1. The molecule has 0 atom stereocenters. The SMILES string of the molecule is Cc1ccc(CCC(=O)N(CC(=O)O)CC(C)C)cc1. The van der Waals surface area contributed by atoms with Crippen molar-refractivity contribution in [3.05, 3.63) is 35.4 Å². The Bertz CT molecular complexity index is 451. The summed E-state index contributed by atoms with van der Waals surface area (Å²) in [4.78, 5) is 24.4. The fourth-order valence-corrected chi connectivity index (χ4v) is 2.02. The van der Waals surface area contributed by atoms with Crippen LogP contribution in [0.1, 0.15) is 31.4 Å². The van der Waals surface area contributed by atoms with E-state index in [2.05, 4.69) is 0 Å². The second kappa shape index (κ2) is 7.68. The monoisotopic (exact) mass is 277 g/mol. The second-order valence-electron chi connectivity index (χ2n) is 5.55. The average molecular weight is 277 g/mol. The van der Waals surface area contributed by atoms with E-state index in [9.17, 15) is 9.59 Å². The number of rotatable bonds is 7. The highest BCUT2D eigenvalue weighted by atomic mass is 16.4. The normalized spacial score (nSPS) is 10.6. The first kappa shape index (κ1) is 16.2. The van der Waals surface area contributed by atoms with E-state index in [4.69, 9.17) is 5.11 Å². The maximum atomic E-state index is 12.1. The maximum Gasteiger partial charge on any atom is 0.323 e. The first-order valence-electron chi connectivity index (χ1n) is 6.93. The van der Waals surface area contributed by atoms with Gasteiger partial charge in [-0.1, -0.05) is 43.7 Å². The van der Waals surface area contributed by atoms with Gasteiger partial charge < -0.3 is 10.0 Å². The van der Waals surface area contributed by atoms with Crippen molar-refractivity contribution >= 4 is 11.9 Å². The zero-order valence-electron chi connectivity index (χ0n) is 12.4. The molecule has 1 amide bonds. The van der Waals surface area contributed by atoms with Gasteiger partial charge in [-0.2, -0.15) is 0 Å². The lowest BCUT2D eigenvalue weighted by molar-refractivity contribution is -0.144. The van der Waals surface area contributed by atoms with Crippen LogP contribution in [0.25, 0.3) is 0 Å².